The number of halogens is 1. The molecule has 0 spiro atoms. The Morgan fingerprint density at radius 2 is 1.97 bits per heavy atom. The van der Waals surface area contributed by atoms with Crippen LogP contribution in [0.5, 0.6) is 0 Å². The molecule has 1 N–H and O–H groups in total. The van der Waals surface area contributed by atoms with Gasteiger partial charge in [0, 0.05) is 24.9 Å². The third kappa shape index (κ3) is 3.99. The summed E-state index contributed by atoms with van der Waals surface area (Å²) in [6.45, 7) is 0.194. The number of carbonyl (C=O) groups is 2. The van der Waals surface area contributed by atoms with E-state index in [1.54, 1.807) is 6.07 Å². The van der Waals surface area contributed by atoms with Crippen LogP contribution in [0.3, 0.4) is 0 Å². The van der Waals surface area contributed by atoms with Gasteiger partial charge in [0.2, 0.25) is 11.8 Å². The first-order valence-corrected chi connectivity index (χ1v) is 11.4. The highest BCUT2D eigenvalue weighted by molar-refractivity contribution is 7.90. The van der Waals surface area contributed by atoms with Gasteiger partial charge in [0.05, 0.1) is 21.0 Å². The van der Waals surface area contributed by atoms with E-state index in [4.69, 9.17) is 0 Å². The summed E-state index contributed by atoms with van der Waals surface area (Å²) in [6, 6.07) is 10.1. The Morgan fingerprint density at radius 1 is 1.24 bits per heavy atom. The van der Waals surface area contributed by atoms with Gasteiger partial charge < -0.3 is 10.2 Å². The maximum Gasteiger partial charge on any atom is 0.231 e. The molecule has 7 nitrogen and oxygen atoms in total. The molecule has 2 aromatic carbocycles. The number of benzene rings is 2. The van der Waals surface area contributed by atoms with Crippen molar-refractivity contribution in [3.63, 3.8) is 0 Å². The van der Waals surface area contributed by atoms with Crippen LogP contribution in [0, 0.1) is 11.7 Å². The number of aromatic nitrogens is 1. The number of rotatable bonds is 4. The van der Waals surface area contributed by atoms with Crippen molar-refractivity contribution in [1.29, 1.82) is 0 Å². The molecule has 3 aromatic rings. The van der Waals surface area contributed by atoms with E-state index >= 15 is 0 Å². The predicted molar refractivity (Wildman–Crippen MR) is 108 cm³/mol. The maximum absolute atomic E-state index is 13.1. The highest BCUT2D eigenvalue weighted by Crippen LogP contribution is 2.30. The molecular weight excluding hydrogens is 417 g/mol. The highest BCUT2D eigenvalue weighted by Gasteiger charge is 2.35. The van der Waals surface area contributed by atoms with Crippen LogP contribution in [0.1, 0.15) is 6.42 Å². The molecule has 0 radical (unpaired) electrons. The van der Waals surface area contributed by atoms with Crippen molar-refractivity contribution in [3.05, 3.63) is 48.3 Å². The topological polar surface area (TPSA) is 96.4 Å². The van der Waals surface area contributed by atoms with Crippen LogP contribution in [0.15, 0.2) is 47.4 Å². The Bertz CT molecular complexity index is 1220. The van der Waals surface area contributed by atoms with E-state index in [9.17, 15) is 22.4 Å². The fourth-order valence-electron chi connectivity index (χ4n) is 3.15. The fraction of sp³-hybridized carbons (Fsp3) is 0.211. The van der Waals surface area contributed by atoms with Crippen LogP contribution in [0.25, 0.3) is 10.2 Å². The zero-order valence-electron chi connectivity index (χ0n) is 15.3. The second-order valence-electron chi connectivity index (χ2n) is 6.79. The third-order valence-corrected chi connectivity index (χ3v) is 6.70. The smallest absolute Gasteiger partial charge is 0.231 e. The van der Waals surface area contributed by atoms with Gasteiger partial charge >= 0.3 is 0 Å². The average molecular weight is 433 g/mol. The molecule has 150 valence electrons. The number of sulfone groups is 1. The van der Waals surface area contributed by atoms with Crippen LogP contribution >= 0.6 is 11.3 Å². The first-order valence-electron chi connectivity index (χ1n) is 8.68. The maximum atomic E-state index is 13.1. The monoisotopic (exact) mass is 433 g/mol. The lowest BCUT2D eigenvalue weighted by molar-refractivity contribution is -0.122. The number of thiazole rings is 1. The number of nitrogens with zero attached hydrogens (tertiary/aromatic N) is 2. The summed E-state index contributed by atoms with van der Waals surface area (Å²) in [5.74, 6) is -1.51. The Morgan fingerprint density at radius 3 is 2.66 bits per heavy atom. The van der Waals surface area contributed by atoms with Crippen molar-refractivity contribution in [1.82, 2.24) is 4.98 Å². The second-order valence-corrected chi connectivity index (χ2v) is 9.84. The van der Waals surface area contributed by atoms with Crippen LogP contribution in [-0.2, 0) is 19.4 Å². The van der Waals surface area contributed by atoms with Crippen molar-refractivity contribution in [2.75, 3.05) is 23.0 Å². The number of carbonyl (C=O) groups excluding carboxylic acids is 2. The van der Waals surface area contributed by atoms with Gasteiger partial charge in [-0.25, -0.2) is 17.8 Å². The lowest BCUT2D eigenvalue weighted by Crippen LogP contribution is -2.28. The van der Waals surface area contributed by atoms with Gasteiger partial charge in [-0.05, 0) is 42.5 Å². The molecule has 2 heterocycles. The molecule has 1 aliphatic heterocycles. The van der Waals surface area contributed by atoms with Crippen molar-refractivity contribution < 1.29 is 22.4 Å². The minimum atomic E-state index is -3.34. The molecule has 1 aliphatic rings. The summed E-state index contributed by atoms with van der Waals surface area (Å²) in [4.78, 5) is 30.8. The first kappa shape index (κ1) is 19.5. The summed E-state index contributed by atoms with van der Waals surface area (Å²) in [5.41, 5.74) is 1.12. The quantitative estimate of drug-likeness (QED) is 0.683. The summed E-state index contributed by atoms with van der Waals surface area (Å²) in [5, 5.41) is 3.05. The molecule has 29 heavy (non-hydrogen) atoms. The Kier molecular flexibility index (Phi) is 4.83. The number of amides is 2. The van der Waals surface area contributed by atoms with Crippen molar-refractivity contribution in [3.8, 4) is 0 Å². The Hall–Kier alpha value is -2.85. The summed E-state index contributed by atoms with van der Waals surface area (Å²) >= 11 is 1.17. The van der Waals surface area contributed by atoms with Crippen LogP contribution in [-0.4, -0.2) is 38.0 Å². The average Bonchev–Trinajstić information content (AvgIpc) is 3.24. The van der Waals surface area contributed by atoms with Crippen molar-refractivity contribution in [2.24, 2.45) is 5.92 Å². The van der Waals surface area contributed by atoms with Crippen LogP contribution in [0.2, 0.25) is 0 Å². The van der Waals surface area contributed by atoms with E-state index in [1.165, 1.54) is 52.6 Å². The van der Waals surface area contributed by atoms with Gasteiger partial charge in [-0.2, -0.15) is 0 Å². The number of hydrogen-bond acceptors (Lipinski definition) is 6. The largest absolute Gasteiger partial charge is 0.312 e. The zero-order chi connectivity index (χ0) is 20.8. The lowest BCUT2D eigenvalue weighted by atomic mass is 10.1. The van der Waals surface area contributed by atoms with Crippen LogP contribution in [0.4, 0.5) is 15.2 Å². The molecule has 0 unspecified atom stereocenters. The predicted octanol–water partition coefficient (Wildman–Crippen LogP) is 2.83. The standard InChI is InChI=1S/C19H16FN3O4S2/c1-29(26,27)14-6-7-15-16(9-14)28-19(21-15)22-18(25)11-8-17(24)23(10-11)13-4-2-12(20)3-5-13/h2-7,9,11H,8,10H2,1H3,(H,21,22,25)/t11-/m0/s1. The van der Waals surface area contributed by atoms with Gasteiger partial charge in [0.25, 0.3) is 0 Å². The van der Waals surface area contributed by atoms with Gasteiger partial charge in [-0.3, -0.25) is 9.59 Å². The minimum Gasteiger partial charge on any atom is -0.312 e. The van der Waals surface area contributed by atoms with Gasteiger partial charge in [0.15, 0.2) is 15.0 Å². The Labute approximate surface area is 170 Å². The normalized spacial score (nSPS) is 17.1. The molecule has 0 aliphatic carbocycles. The lowest BCUT2D eigenvalue weighted by Gasteiger charge is -2.16. The van der Waals surface area contributed by atoms with E-state index in [1.807, 2.05) is 0 Å². The van der Waals surface area contributed by atoms with Gasteiger partial charge in [-0.1, -0.05) is 11.3 Å². The summed E-state index contributed by atoms with van der Waals surface area (Å²) < 4.78 is 37.1. The van der Waals surface area contributed by atoms with E-state index < -0.39 is 21.6 Å². The third-order valence-electron chi connectivity index (χ3n) is 4.65. The fourth-order valence-corrected chi connectivity index (χ4v) is 4.78. The van der Waals surface area contributed by atoms with Gasteiger partial charge in [-0.15, -0.1) is 0 Å². The van der Waals surface area contributed by atoms with Gasteiger partial charge in [0.1, 0.15) is 5.82 Å². The van der Waals surface area contributed by atoms with Crippen molar-refractivity contribution >= 4 is 54.0 Å². The molecule has 1 saturated heterocycles. The van der Waals surface area contributed by atoms with E-state index in [0.717, 1.165) is 6.26 Å². The van der Waals surface area contributed by atoms with E-state index in [0.29, 0.717) is 21.0 Å². The number of fused-ring (bicyclic) bond motifs is 1. The summed E-state index contributed by atoms with van der Waals surface area (Å²) in [7, 11) is -3.34. The first-order chi connectivity index (χ1) is 13.7. The highest BCUT2D eigenvalue weighted by atomic mass is 32.2. The minimum absolute atomic E-state index is 0.0479. The molecule has 0 saturated carbocycles. The zero-order valence-corrected chi connectivity index (χ0v) is 16.9. The number of hydrogen-bond donors (Lipinski definition) is 1. The van der Waals surface area contributed by atoms with Crippen LogP contribution < -0.4 is 10.2 Å². The molecule has 1 atom stereocenters. The van der Waals surface area contributed by atoms with E-state index in [-0.39, 0.29) is 29.7 Å². The number of nitrogens with one attached hydrogen (secondary N) is 1. The molecule has 10 heteroatoms. The number of anilines is 2. The molecule has 1 aromatic heterocycles. The van der Waals surface area contributed by atoms with E-state index in [2.05, 4.69) is 10.3 Å². The molecule has 1 fully saturated rings. The second kappa shape index (κ2) is 7.20. The molecule has 0 bridgehead atoms. The SMILES string of the molecule is CS(=O)(=O)c1ccc2nc(NC(=O)[C@H]3CC(=O)N(c4ccc(F)cc4)C3)sc2c1. The van der Waals surface area contributed by atoms with Crippen molar-refractivity contribution in [2.45, 2.75) is 11.3 Å². The molecule has 4 rings (SSSR count). The summed E-state index contributed by atoms with van der Waals surface area (Å²) in [6.07, 6.45) is 1.17. The molecule has 2 amide bonds. The Balaban J connectivity index is 1.49. The molecular formula is C19H16FN3O4S2.